The second-order valence-electron chi connectivity index (χ2n) is 11.6. The molecule has 2 aromatic carbocycles. The van der Waals surface area contributed by atoms with Gasteiger partial charge >= 0.3 is 6.03 Å². The summed E-state index contributed by atoms with van der Waals surface area (Å²) in [7, 11) is 0. The van der Waals surface area contributed by atoms with E-state index in [4.69, 9.17) is 4.74 Å². The highest BCUT2D eigenvalue weighted by molar-refractivity contribution is 6.03. The highest BCUT2D eigenvalue weighted by Crippen LogP contribution is 2.38. The number of hydrogen-bond acceptors (Lipinski definition) is 5. The van der Waals surface area contributed by atoms with Crippen molar-refractivity contribution >= 4 is 28.4 Å². The van der Waals surface area contributed by atoms with E-state index < -0.39 is 0 Å². The molecule has 0 spiro atoms. The Hall–Kier alpha value is -5.24. The van der Waals surface area contributed by atoms with Crippen LogP contribution in [0.25, 0.3) is 22.2 Å². The molecule has 0 aliphatic carbocycles. The first-order valence-corrected chi connectivity index (χ1v) is 15.2. The number of anilines is 2. The van der Waals surface area contributed by atoms with Gasteiger partial charge in [-0.3, -0.25) is 14.7 Å². The van der Waals surface area contributed by atoms with E-state index in [2.05, 4.69) is 72.7 Å². The molecule has 0 saturated carbocycles. The third-order valence-electron chi connectivity index (χ3n) is 7.66. The molecule has 230 valence electrons. The number of pyridine rings is 3. The van der Waals surface area contributed by atoms with Crippen LogP contribution in [0.2, 0.25) is 0 Å². The molecule has 0 aliphatic heterocycles. The van der Waals surface area contributed by atoms with E-state index in [9.17, 15) is 9.59 Å². The van der Waals surface area contributed by atoms with E-state index >= 15 is 0 Å². The van der Waals surface area contributed by atoms with Gasteiger partial charge in [-0.1, -0.05) is 52.0 Å². The molecule has 0 aliphatic rings. The van der Waals surface area contributed by atoms with Gasteiger partial charge in [0.05, 0.1) is 0 Å². The minimum Gasteiger partial charge on any atom is -0.489 e. The van der Waals surface area contributed by atoms with E-state index in [1.807, 2.05) is 36.4 Å². The van der Waals surface area contributed by atoms with Crippen molar-refractivity contribution in [2.75, 3.05) is 16.8 Å². The van der Waals surface area contributed by atoms with E-state index in [1.165, 1.54) is 4.90 Å². The Kier molecular flexibility index (Phi) is 9.73. The number of ether oxygens (including phenoxy) is 1. The van der Waals surface area contributed by atoms with Crippen molar-refractivity contribution in [2.24, 2.45) is 0 Å². The highest BCUT2D eigenvalue weighted by Gasteiger charge is 2.24. The third kappa shape index (κ3) is 7.29. The van der Waals surface area contributed by atoms with Crippen LogP contribution in [0.5, 0.6) is 5.75 Å². The van der Waals surface area contributed by atoms with Crippen LogP contribution in [0.15, 0.2) is 103 Å². The lowest BCUT2D eigenvalue weighted by Crippen LogP contribution is -2.39. The average molecular weight is 602 g/mol. The van der Waals surface area contributed by atoms with Gasteiger partial charge in [-0.2, -0.15) is 0 Å². The number of benzene rings is 2. The SMILES string of the molecule is C=CCCN(C(=O)Nc1c(C(C)C)cc(-c2cccc(OCc3cccnc3)c2)cc1C(C)C)c1cc2cccnc2[nH]c1=O. The van der Waals surface area contributed by atoms with Gasteiger partial charge in [0.2, 0.25) is 0 Å². The largest absolute Gasteiger partial charge is 0.489 e. The Morgan fingerprint density at radius 3 is 2.42 bits per heavy atom. The maximum atomic E-state index is 14.0. The monoisotopic (exact) mass is 601 g/mol. The number of H-pyrrole nitrogens is 1. The quantitative estimate of drug-likeness (QED) is 0.148. The van der Waals surface area contributed by atoms with Gasteiger partial charge in [0.15, 0.2) is 0 Å². The molecule has 0 unspecified atom stereocenters. The topological polar surface area (TPSA) is 100 Å². The molecular formula is C37H39N5O3. The van der Waals surface area contributed by atoms with Crippen molar-refractivity contribution in [3.8, 4) is 16.9 Å². The van der Waals surface area contributed by atoms with Gasteiger partial charge in [-0.25, -0.2) is 9.78 Å². The summed E-state index contributed by atoms with van der Waals surface area (Å²) in [5.41, 5.74) is 6.18. The molecule has 45 heavy (non-hydrogen) atoms. The minimum atomic E-state index is -0.382. The second kappa shape index (κ2) is 14.0. The van der Waals surface area contributed by atoms with Gasteiger partial charge in [-0.15, -0.1) is 6.58 Å². The molecule has 8 nitrogen and oxygen atoms in total. The molecule has 0 atom stereocenters. The smallest absolute Gasteiger partial charge is 0.326 e. The summed E-state index contributed by atoms with van der Waals surface area (Å²) in [5, 5.41) is 3.95. The average Bonchev–Trinajstić information content (AvgIpc) is 3.04. The van der Waals surface area contributed by atoms with Crippen LogP contribution in [0.4, 0.5) is 16.2 Å². The second-order valence-corrected chi connectivity index (χ2v) is 11.6. The number of carbonyl (C=O) groups is 1. The van der Waals surface area contributed by atoms with Gasteiger partial charge < -0.3 is 15.0 Å². The predicted octanol–water partition coefficient (Wildman–Crippen LogP) is 8.43. The minimum absolute atomic E-state index is 0.111. The van der Waals surface area contributed by atoms with Crippen molar-refractivity contribution in [2.45, 2.75) is 52.6 Å². The first-order valence-electron chi connectivity index (χ1n) is 15.2. The molecule has 0 bridgehead atoms. The van der Waals surface area contributed by atoms with Crippen LogP contribution >= 0.6 is 0 Å². The number of carbonyl (C=O) groups excluding carboxylic acids is 1. The number of nitrogens with one attached hydrogen (secondary N) is 2. The maximum Gasteiger partial charge on any atom is 0.326 e. The van der Waals surface area contributed by atoms with Crippen molar-refractivity contribution < 1.29 is 9.53 Å². The zero-order chi connectivity index (χ0) is 31.9. The summed E-state index contributed by atoms with van der Waals surface area (Å²) in [4.78, 5) is 39.9. The molecule has 5 rings (SSSR count). The number of nitrogens with zero attached hydrogens (tertiary/aromatic N) is 3. The number of hydrogen-bond donors (Lipinski definition) is 2. The number of rotatable bonds is 11. The normalized spacial score (nSPS) is 11.2. The van der Waals surface area contributed by atoms with Crippen LogP contribution in [0.1, 0.15) is 62.6 Å². The lowest BCUT2D eigenvalue weighted by atomic mass is 9.88. The van der Waals surface area contributed by atoms with Crippen molar-refractivity contribution in [3.05, 3.63) is 125 Å². The summed E-state index contributed by atoms with van der Waals surface area (Å²) in [6, 6.07) is 21.2. The summed E-state index contributed by atoms with van der Waals surface area (Å²) >= 11 is 0. The van der Waals surface area contributed by atoms with E-state index in [0.717, 1.165) is 44.6 Å². The molecule has 2 amide bonds. The first-order chi connectivity index (χ1) is 21.7. The van der Waals surface area contributed by atoms with Crippen LogP contribution in [-0.4, -0.2) is 27.5 Å². The number of aromatic amines is 1. The van der Waals surface area contributed by atoms with Crippen molar-refractivity contribution in [1.29, 1.82) is 0 Å². The lowest BCUT2D eigenvalue weighted by Gasteiger charge is -2.26. The predicted molar refractivity (Wildman–Crippen MR) is 182 cm³/mol. The van der Waals surface area contributed by atoms with Gasteiger partial charge in [-0.05, 0) is 89.0 Å². The Morgan fingerprint density at radius 1 is 0.978 bits per heavy atom. The molecule has 3 heterocycles. The highest BCUT2D eigenvalue weighted by atomic mass is 16.5. The maximum absolute atomic E-state index is 14.0. The fourth-order valence-corrected chi connectivity index (χ4v) is 5.27. The van der Waals surface area contributed by atoms with Crippen molar-refractivity contribution in [1.82, 2.24) is 15.0 Å². The van der Waals surface area contributed by atoms with Crippen LogP contribution in [0, 0.1) is 0 Å². The van der Waals surface area contributed by atoms with Gasteiger partial charge in [0.25, 0.3) is 5.56 Å². The summed E-state index contributed by atoms with van der Waals surface area (Å²) in [6.45, 7) is 13.0. The number of aromatic nitrogens is 3. The fourth-order valence-electron chi connectivity index (χ4n) is 5.27. The van der Waals surface area contributed by atoms with Crippen LogP contribution in [-0.2, 0) is 6.61 Å². The molecule has 0 radical (unpaired) electrons. The Balaban J connectivity index is 1.50. The zero-order valence-electron chi connectivity index (χ0n) is 26.2. The molecule has 0 saturated heterocycles. The van der Waals surface area contributed by atoms with Crippen LogP contribution in [0.3, 0.4) is 0 Å². The zero-order valence-corrected chi connectivity index (χ0v) is 26.2. The molecule has 2 N–H and O–H groups in total. The molecule has 0 fully saturated rings. The Bertz CT molecular complexity index is 1830. The molecule has 3 aromatic heterocycles. The standard InChI is InChI=1S/C37H39N5O3/c1-6-7-17-42(33-21-28-13-10-16-39-35(28)41-36(33)43)37(44)40-34-31(24(2)3)19-29(20-32(34)25(4)5)27-12-8-14-30(18-27)45-23-26-11-9-15-38-22-26/h6,8-16,18-22,24-25H,1,7,17,23H2,2-5H3,(H,40,44)(H,39,41,43). The van der Waals surface area contributed by atoms with Gasteiger partial charge in [0.1, 0.15) is 23.7 Å². The molecule has 8 heteroatoms. The molecule has 5 aromatic rings. The summed E-state index contributed by atoms with van der Waals surface area (Å²) in [5.74, 6) is 0.985. The van der Waals surface area contributed by atoms with E-state index in [1.54, 1.807) is 36.8 Å². The fraction of sp³-hybridized carbons (Fsp3) is 0.243. The summed E-state index contributed by atoms with van der Waals surface area (Å²) < 4.78 is 6.08. The number of urea groups is 1. The Morgan fingerprint density at radius 2 is 1.73 bits per heavy atom. The van der Waals surface area contributed by atoms with E-state index in [0.29, 0.717) is 25.2 Å². The van der Waals surface area contributed by atoms with Crippen molar-refractivity contribution in [3.63, 3.8) is 0 Å². The van der Waals surface area contributed by atoms with Gasteiger partial charge in [0, 0.05) is 41.8 Å². The van der Waals surface area contributed by atoms with E-state index in [-0.39, 0.29) is 29.1 Å². The third-order valence-corrected chi connectivity index (χ3v) is 7.66. The number of fused-ring (bicyclic) bond motifs is 1. The lowest BCUT2D eigenvalue weighted by molar-refractivity contribution is 0.257. The van der Waals surface area contributed by atoms with Crippen LogP contribution < -0.4 is 20.5 Å². The Labute approximate surface area is 263 Å². The molecular weight excluding hydrogens is 562 g/mol. The summed E-state index contributed by atoms with van der Waals surface area (Å²) in [6.07, 6.45) is 7.42. The first kappa shape index (κ1) is 31.2. The number of amides is 2.